The van der Waals surface area contributed by atoms with Gasteiger partial charge in [-0.3, -0.25) is 14.5 Å². The monoisotopic (exact) mass is 339 g/mol. The summed E-state index contributed by atoms with van der Waals surface area (Å²) in [5, 5.41) is 2.69. The van der Waals surface area contributed by atoms with Crippen LogP contribution in [0.1, 0.15) is 5.56 Å². The lowest BCUT2D eigenvalue weighted by atomic mass is 9.95. The number of nitrogens with zero attached hydrogens (tertiary/aromatic N) is 2. The number of carbonyl (C=O) groups is 3. The fourth-order valence-corrected chi connectivity index (χ4v) is 2.61. The largest absolute Gasteiger partial charge is 0.497 e. The molecular formula is C18H17N3O4. The molecule has 0 saturated heterocycles. The van der Waals surface area contributed by atoms with Gasteiger partial charge in [-0.15, -0.1) is 0 Å². The smallest absolute Gasteiger partial charge is 0.351 e. The number of imide groups is 1. The number of rotatable bonds is 5. The zero-order chi connectivity index (χ0) is 17.8. The van der Waals surface area contributed by atoms with Crippen LogP contribution in [0.4, 0.5) is 4.79 Å². The highest BCUT2D eigenvalue weighted by atomic mass is 16.5. The van der Waals surface area contributed by atoms with Crippen molar-refractivity contribution in [3.8, 4) is 5.75 Å². The van der Waals surface area contributed by atoms with Crippen LogP contribution in [0, 0.1) is 5.92 Å². The number of amides is 4. The Balaban J connectivity index is 1.61. The maximum Gasteiger partial charge on any atom is 0.351 e. The van der Waals surface area contributed by atoms with Gasteiger partial charge in [0.15, 0.2) is 0 Å². The third-order valence-corrected chi connectivity index (χ3v) is 3.91. The first-order valence-corrected chi connectivity index (χ1v) is 7.77. The van der Waals surface area contributed by atoms with Crippen molar-refractivity contribution in [3.63, 3.8) is 0 Å². The Morgan fingerprint density at radius 2 is 2.16 bits per heavy atom. The lowest BCUT2D eigenvalue weighted by Crippen LogP contribution is -2.49. The van der Waals surface area contributed by atoms with Crippen molar-refractivity contribution in [3.05, 3.63) is 54.1 Å². The molecule has 0 bridgehead atoms. The van der Waals surface area contributed by atoms with Crippen LogP contribution in [-0.2, 0) is 16.1 Å². The lowest BCUT2D eigenvalue weighted by molar-refractivity contribution is -0.134. The first kappa shape index (κ1) is 16.6. The van der Waals surface area contributed by atoms with E-state index in [0.717, 1.165) is 10.5 Å². The molecule has 1 aliphatic heterocycles. The van der Waals surface area contributed by atoms with Crippen LogP contribution in [0.15, 0.2) is 53.6 Å². The fourth-order valence-electron chi connectivity index (χ4n) is 2.61. The molecule has 0 fully saturated rings. The third-order valence-electron chi connectivity index (χ3n) is 3.91. The minimum atomic E-state index is -0.715. The molecule has 3 rings (SSSR count). The molecule has 1 atom stereocenters. The molecule has 128 valence electrons. The summed E-state index contributed by atoms with van der Waals surface area (Å²) in [5.41, 5.74) is 1.26. The molecule has 1 N–H and O–H groups in total. The van der Waals surface area contributed by atoms with E-state index in [4.69, 9.17) is 4.74 Å². The van der Waals surface area contributed by atoms with E-state index < -0.39 is 23.8 Å². The predicted molar refractivity (Wildman–Crippen MR) is 91.2 cm³/mol. The van der Waals surface area contributed by atoms with E-state index in [1.54, 1.807) is 43.5 Å². The number of nitrogens with one attached hydrogen (secondary N) is 1. The van der Waals surface area contributed by atoms with Gasteiger partial charge in [-0.05, 0) is 23.8 Å². The SMILES string of the molecule is COc1cccc(CNC(=O)CN2C(=O)N=C3C=CC=CC3C2=O)c1. The second-order valence-electron chi connectivity index (χ2n) is 5.59. The van der Waals surface area contributed by atoms with E-state index in [2.05, 4.69) is 10.3 Å². The highest BCUT2D eigenvalue weighted by molar-refractivity contribution is 6.22. The van der Waals surface area contributed by atoms with Gasteiger partial charge in [0.2, 0.25) is 11.8 Å². The molecule has 2 aliphatic rings. The molecule has 1 unspecified atom stereocenters. The Hall–Kier alpha value is -3.22. The van der Waals surface area contributed by atoms with Gasteiger partial charge in [-0.25, -0.2) is 4.79 Å². The van der Waals surface area contributed by atoms with Crippen molar-refractivity contribution in [1.29, 1.82) is 0 Å². The second-order valence-corrected chi connectivity index (χ2v) is 5.59. The first-order valence-electron chi connectivity index (χ1n) is 7.77. The van der Waals surface area contributed by atoms with Crippen LogP contribution in [0.5, 0.6) is 5.75 Å². The Morgan fingerprint density at radius 3 is 2.96 bits per heavy atom. The summed E-state index contributed by atoms with van der Waals surface area (Å²) in [6, 6.07) is 6.55. The van der Waals surface area contributed by atoms with Crippen LogP contribution in [0.2, 0.25) is 0 Å². The Labute approximate surface area is 144 Å². The number of hydrogen-bond acceptors (Lipinski definition) is 4. The van der Waals surface area contributed by atoms with Crippen molar-refractivity contribution in [2.75, 3.05) is 13.7 Å². The molecule has 0 aromatic heterocycles. The number of hydrogen-bond donors (Lipinski definition) is 1. The molecule has 1 aromatic carbocycles. The van der Waals surface area contributed by atoms with Gasteiger partial charge in [0, 0.05) is 6.54 Å². The molecule has 7 heteroatoms. The minimum Gasteiger partial charge on any atom is -0.497 e. The Bertz CT molecular complexity index is 810. The van der Waals surface area contributed by atoms with Gasteiger partial charge in [-0.1, -0.05) is 30.4 Å². The van der Waals surface area contributed by atoms with E-state index in [0.29, 0.717) is 11.5 Å². The summed E-state index contributed by atoms with van der Waals surface area (Å²) in [6.07, 6.45) is 6.72. The summed E-state index contributed by atoms with van der Waals surface area (Å²) >= 11 is 0. The predicted octanol–water partition coefficient (Wildman–Crippen LogP) is 1.46. The maximum absolute atomic E-state index is 12.4. The van der Waals surface area contributed by atoms with Crippen molar-refractivity contribution < 1.29 is 19.1 Å². The highest BCUT2D eigenvalue weighted by Crippen LogP contribution is 2.19. The summed E-state index contributed by atoms with van der Waals surface area (Å²) in [4.78, 5) is 41.3. The standard InChI is InChI=1S/C18H17N3O4/c1-25-13-6-4-5-12(9-13)10-19-16(22)11-21-17(23)14-7-2-3-8-15(14)20-18(21)24/h2-9,14H,10-11H2,1H3,(H,19,22). The summed E-state index contributed by atoms with van der Waals surface area (Å²) in [5.74, 6) is -0.786. The van der Waals surface area contributed by atoms with Crippen molar-refractivity contribution in [2.45, 2.75) is 6.54 Å². The normalized spacial score (nSPS) is 18.7. The third kappa shape index (κ3) is 3.65. The summed E-state index contributed by atoms with van der Waals surface area (Å²) < 4.78 is 5.12. The maximum atomic E-state index is 12.4. The van der Waals surface area contributed by atoms with Crippen LogP contribution in [-0.4, -0.2) is 42.1 Å². The van der Waals surface area contributed by atoms with Crippen molar-refractivity contribution in [1.82, 2.24) is 10.2 Å². The van der Waals surface area contributed by atoms with E-state index in [1.165, 1.54) is 0 Å². The first-order chi connectivity index (χ1) is 12.1. The zero-order valence-corrected chi connectivity index (χ0v) is 13.6. The Morgan fingerprint density at radius 1 is 1.32 bits per heavy atom. The van der Waals surface area contributed by atoms with Crippen molar-refractivity contribution >= 4 is 23.6 Å². The summed E-state index contributed by atoms with van der Waals surface area (Å²) in [7, 11) is 1.56. The number of ether oxygens (including phenoxy) is 1. The number of allylic oxidation sites excluding steroid dienone is 3. The number of urea groups is 1. The molecule has 0 radical (unpaired) electrons. The average Bonchev–Trinajstić information content (AvgIpc) is 2.63. The average molecular weight is 339 g/mol. The summed E-state index contributed by atoms with van der Waals surface area (Å²) in [6.45, 7) is -0.0840. The van der Waals surface area contributed by atoms with Crippen molar-refractivity contribution in [2.24, 2.45) is 10.9 Å². The molecule has 25 heavy (non-hydrogen) atoms. The van der Waals surface area contributed by atoms with Gasteiger partial charge in [-0.2, -0.15) is 4.99 Å². The molecule has 0 saturated carbocycles. The van der Waals surface area contributed by atoms with Crippen LogP contribution in [0.3, 0.4) is 0 Å². The van der Waals surface area contributed by atoms with Gasteiger partial charge in [0.05, 0.1) is 18.7 Å². The van der Waals surface area contributed by atoms with Gasteiger partial charge in [0.1, 0.15) is 12.3 Å². The number of fused-ring (bicyclic) bond motifs is 1. The van der Waals surface area contributed by atoms with E-state index >= 15 is 0 Å². The fraction of sp³-hybridized carbons (Fsp3) is 0.222. The second kappa shape index (κ2) is 7.12. The zero-order valence-electron chi connectivity index (χ0n) is 13.6. The van der Waals surface area contributed by atoms with Gasteiger partial charge >= 0.3 is 6.03 Å². The number of carbonyl (C=O) groups excluding carboxylic acids is 3. The molecule has 1 aliphatic carbocycles. The minimum absolute atomic E-state index is 0.271. The molecule has 4 amide bonds. The molecule has 7 nitrogen and oxygen atoms in total. The number of methoxy groups -OCH3 is 1. The van der Waals surface area contributed by atoms with Gasteiger partial charge < -0.3 is 10.1 Å². The van der Waals surface area contributed by atoms with E-state index in [-0.39, 0.29) is 13.1 Å². The van der Waals surface area contributed by atoms with Gasteiger partial charge in [0.25, 0.3) is 0 Å². The van der Waals surface area contributed by atoms with Crippen LogP contribution < -0.4 is 10.1 Å². The number of benzene rings is 1. The lowest BCUT2D eigenvalue weighted by Gasteiger charge is -2.27. The Kier molecular flexibility index (Phi) is 4.74. The van der Waals surface area contributed by atoms with Crippen LogP contribution >= 0.6 is 0 Å². The van der Waals surface area contributed by atoms with Crippen LogP contribution in [0.25, 0.3) is 0 Å². The quantitative estimate of drug-likeness (QED) is 0.879. The highest BCUT2D eigenvalue weighted by Gasteiger charge is 2.36. The molecule has 0 spiro atoms. The molecular weight excluding hydrogens is 322 g/mol. The van der Waals surface area contributed by atoms with E-state index in [1.807, 2.05) is 12.1 Å². The molecule has 1 heterocycles. The molecule has 1 aromatic rings. The van der Waals surface area contributed by atoms with E-state index in [9.17, 15) is 14.4 Å². The number of aliphatic imine (C=N–C) groups is 1. The topological polar surface area (TPSA) is 88.1 Å².